The summed E-state index contributed by atoms with van der Waals surface area (Å²) in [6.45, 7) is 0.315. The van der Waals surface area contributed by atoms with Gasteiger partial charge < -0.3 is 20.2 Å². The number of amides is 2. The van der Waals surface area contributed by atoms with E-state index in [1.807, 2.05) is 0 Å². The van der Waals surface area contributed by atoms with Gasteiger partial charge in [-0.15, -0.1) is 0 Å². The van der Waals surface area contributed by atoms with Gasteiger partial charge in [-0.3, -0.25) is 14.4 Å². The van der Waals surface area contributed by atoms with Crippen LogP contribution in [0.3, 0.4) is 0 Å². The van der Waals surface area contributed by atoms with Crippen molar-refractivity contribution >= 4 is 17.8 Å². The molecule has 2 rings (SSSR count). The second kappa shape index (κ2) is 7.79. The molecule has 0 fully saturated rings. The number of hydrogen-bond acceptors (Lipinski definition) is 5. The molecular formula is C16H16N2O5. The van der Waals surface area contributed by atoms with Crippen molar-refractivity contribution in [3.05, 3.63) is 54.0 Å². The number of nitrogens with one attached hydrogen (secondary N) is 1. The highest BCUT2D eigenvalue weighted by molar-refractivity contribution is 5.93. The van der Waals surface area contributed by atoms with E-state index in [-0.39, 0.29) is 29.4 Å². The Hall–Kier alpha value is -3.09. The van der Waals surface area contributed by atoms with Crippen molar-refractivity contribution in [1.29, 1.82) is 0 Å². The molecule has 0 bridgehead atoms. The molecule has 0 radical (unpaired) electrons. The Morgan fingerprint density at radius 2 is 2.00 bits per heavy atom. The van der Waals surface area contributed by atoms with Crippen LogP contribution >= 0.6 is 0 Å². The minimum Gasteiger partial charge on any atom is -0.459 e. The quantitative estimate of drug-likeness (QED) is 0.456. The molecule has 2 aromatic rings. The molecule has 2 amide bonds. The molecular weight excluding hydrogens is 300 g/mol. The summed E-state index contributed by atoms with van der Waals surface area (Å²) in [5, 5.41) is 2.63. The van der Waals surface area contributed by atoms with Crippen molar-refractivity contribution in [3.8, 4) is 5.75 Å². The molecule has 3 N–H and O–H groups in total. The zero-order chi connectivity index (χ0) is 16.7. The van der Waals surface area contributed by atoms with Gasteiger partial charge >= 0.3 is 5.97 Å². The highest BCUT2D eigenvalue weighted by Gasteiger charge is 2.09. The van der Waals surface area contributed by atoms with Crippen molar-refractivity contribution in [2.45, 2.75) is 12.8 Å². The number of benzene rings is 1. The molecule has 23 heavy (non-hydrogen) atoms. The van der Waals surface area contributed by atoms with E-state index in [1.54, 1.807) is 24.3 Å². The summed E-state index contributed by atoms with van der Waals surface area (Å²) in [6, 6.07) is 9.24. The number of rotatable bonds is 7. The molecule has 7 heteroatoms. The van der Waals surface area contributed by atoms with Gasteiger partial charge in [-0.25, -0.2) is 0 Å². The third kappa shape index (κ3) is 4.99. The second-order valence-corrected chi connectivity index (χ2v) is 4.70. The Labute approximate surface area is 132 Å². The van der Waals surface area contributed by atoms with Crippen LogP contribution in [0.2, 0.25) is 0 Å². The topological polar surface area (TPSA) is 112 Å². The van der Waals surface area contributed by atoms with E-state index in [1.165, 1.54) is 18.4 Å². The first-order valence-corrected chi connectivity index (χ1v) is 6.98. The number of hydrogen-bond donors (Lipinski definition) is 2. The molecule has 0 saturated carbocycles. The zero-order valence-electron chi connectivity index (χ0n) is 12.3. The van der Waals surface area contributed by atoms with E-state index in [0.717, 1.165) is 0 Å². The smallest absolute Gasteiger partial charge is 0.311 e. The van der Waals surface area contributed by atoms with Gasteiger partial charge in [0.2, 0.25) is 5.91 Å². The first-order chi connectivity index (χ1) is 11.1. The summed E-state index contributed by atoms with van der Waals surface area (Å²) in [5.41, 5.74) is 5.42. The fraction of sp³-hybridized carbons (Fsp3) is 0.188. The molecule has 0 aliphatic rings. The molecule has 7 nitrogen and oxygen atoms in total. The fourth-order valence-electron chi connectivity index (χ4n) is 1.82. The first kappa shape index (κ1) is 16.3. The van der Waals surface area contributed by atoms with Crippen LogP contribution in [0, 0.1) is 0 Å². The summed E-state index contributed by atoms with van der Waals surface area (Å²) in [6.07, 6.45) is 1.95. The van der Waals surface area contributed by atoms with E-state index in [2.05, 4.69) is 5.32 Å². The van der Waals surface area contributed by atoms with E-state index >= 15 is 0 Å². The second-order valence-electron chi connectivity index (χ2n) is 4.70. The molecule has 0 unspecified atom stereocenters. The van der Waals surface area contributed by atoms with E-state index in [9.17, 15) is 14.4 Å². The fourth-order valence-corrected chi connectivity index (χ4v) is 1.82. The molecule has 0 aliphatic heterocycles. The minimum absolute atomic E-state index is 0.124. The maximum absolute atomic E-state index is 11.7. The number of esters is 1. The number of ether oxygens (including phenoxy) is 1. The maximum Gasteiger partial charge on any atom is 0.311 e. The SMILES string of the molecule is NC(=O)c1cccc(OC(=O)CCCNC(=O)c2ccco2)c1. The zero-order valence-corrected chi connectivity index (χ0v) is 12.3. The third-order valence-corrected chi connectivity index (χ3v) is 2.94. The van der Waals surface area contributed by atoms with E-state index < -0.39 is 11.9 Å². The third-order valence-electron chi connectivity index (χ3n) is 2.94. The van der Waals surface area contributed by atoms with Crippen LogP contribution in [0.25, 0.3) is 0 Å². The van der Waals surface area contributed by atoms with Crippen molar-refractivity contribution in [2.24, 2.45) is 5.73 Å². The minimum atomic E-state index is -0.594. The lowest BCUT2D eigenvalue weighted by molar-refractivity contribution is -0.134. The summed E-state index contributed by atoms with van der Waals surface area (Å²) in [7, 11) is 0. The van der Waals surface area contributed by atoms with Crippen LogP contribution < -0.4 is 15.8 Å². The van der Waals surface area contributed by atoms with Gasteiger partial charge in [0, 0.05) is 18.5 Å². The van der Waals surface area contributed by atoms with Gasteiger partial charge in [-0.05, 0) is 36.8 Å². The number of carbonyl (C=O) groups is 3. The van der Waals surface area contributed by atoms with Gasteiger partial charge in [0.15, 0.2) is 5.76 Å². The first-order valence-electron chi connectivity index (χ1n) is 6.98. The van der Waals surface area contributed by atoms with E-state index in [4.69, 9.17) is 14.9 Å². The monoisotopic (exact) mass is 316 g/mol. The highest BCUT2D eigenvalue weighted by atomic mass is 16.5. The van der Waals surface area contributed by atoms with Crippen LogP contribution in [0.4, 0.5) is 0 Å². The summed E-state index contributed by atoms with van der Waals surface area (Å²) >= 11 is 0. The van der Waals surface area contributed by atoms with Gasteiger partial charge in [0.25, 0.3) is 5.91 Å². The average Bonchev–Trinajstić information content (AvgIpc) is 3.06. The number of carbonyl (C=O) groups excluding carboxylic acids is 3. The largest absolute Gasteiger partial charge is 0.459 e. The van der Waals surface area contributed by atoms with Gasteiger partial charge in [0.1, 0.15) is 5.75 Å². The Bertz CT molecular complexity index is 694. The Balaban J connectivity index is 1.72. The van der Waals surface area contributed by atoms with Crippen LogP contribution in [-0.4, -0.2) is 24.3 Å². The molecule has 1 aromatic heterocycles. The predicted octanol–water partition coefficient (Wildman–Crippen LogP) is 1.49. The number of nitrogens with two attached hydrogens (primary N) is 1. The Morgan fingerprint density at radius 1 is 1.17 bits per heavy atom. The van der Waals surface area contributed by atoms with Gasteiger partial charge in [-0.1, -0.05) is 6.07 Å². The van der Waals surface area contributed by atoms with Crippen LogP contribution in [0.5, 0.6) is 5.75 Å². The molecule has 0 spiro atoms. The average molecular weight is 316 g/mol. The molecule has 0 atom stereocenters. The normalized spacial score (nSPS) is 10.1. The summed E-state index contributed by atoms with van der Waals surface area (Å²) in [4.78, 5) is 34.3. The summed E-state index contributed by atoms with van der Waals surface area (Å²) in [5.74, 6) is -0.915. The van der Waals surface area contributed by atoms with Gasteiger partial charge in [0.05, 0.1) is 6.26 Å². The van der Waals surface area contributed by atoms with Crippen molar-refractivity contribution in [3.63, 3.8) is 0 Å². The van der Waals surface area contributed by atoms with E-state index in [0.29, 0.717) is 13.0 Å². The van der Waals surface area contributed by atoms with Crippen LogP contribution in [0.15, 0.2) is 47.1 Å². The Morgan fingerprint density at radius 3 is 2.70 bits per heavy atom. The van der Waals surface area contributed by atoms with Crippen molar-refractivity contribution in [1.82, 2.24) is 5.32 Å². The highest BCUT2D eigenvalue weighted by Crippen LogP contribution is 2.13. The standard InChI is InChI=1S/C16H16N2O5/c17-15(20)11-4-1-5-12(10-11)23-14(19)7-2-8-18-16(21)13-6-3-9-22-13/h1,3-6,9-10H,2,7-8H2,(H2,17,20)(H,18,21). The van der Waals surface area contributed by atoms with Crippen LogP contribution in [-0.2, 0) is 4.79 Å². The molecule has 120 valence electrons. The lowest BCUT2D eigenvalue weighted by Gasteiger charge is -2.06. The van der Waals surface area contributed by atoms with Crippen molar-refractivity contribution < 1.29 is 23.5 Å². The predicted molar refractivity (Wildman–Crippen MR) is 80.9 cm³/mol. The lowest BCUT2D eigenvalue weighted by Crippen LogP contribution is -2.24. The van der Waals surface area contributed by atoms with Crippen molar-refractivity contribution in [2.75, 3.05) is 6.54 Å². The number of furan rings is 1. The lowest BCUT2D eigenvalue weighted by atomic mass is 10.2. The molecule has 1 aromatic carbocycles. The van der Waals surface area contributed by atoms with Gasteiger partial charge in [-0.2, -0.15) is 0 Å². The molecule has 0 aliphatic carbocycles. The van der Waals surface area contributed by atoms with Crippen LogP contribution in [0.1, 0.15) is 33.8 Å². The number of primary amides is 1. The Kier molecular flexibility index (Phi) is 5.51. The molecule has 0 saturated heterocycles. The maximum atomic E-state index is 11.7. The molecule has 1 heterocycles. The summed E-state index contributed by atoms with van der Waals surface area (Å²) < 4.78 is 10.0.